The minimum atomic E-state index is -4.02. The number of carbonyl (C=O) groups excluding carboxylic acids is 1. The summed E-state index contributed by atoms with van der Waals surface area (Å²) in [5, 5.41) is 0. The van der Waals surface area contributed by atoms with Crippen LogP contribution >= 0.6 is 0 Å². The molecule has 0 bridgehead atoms. The zero-order valence-electron chi connectivity index (χ0n) is 17.6. The van der Waals surface area contributed by atoms with E-state index in [0.717, 1.165) is 6.42 Å². The van der Waals surface area contributed by atoms with Gasteiger partial charge in [0.1, 0.15) is 16.4 Å². The van der Waals surface area contributed by atoms with Gasteiger partial charge in [-0.25, -0.2) is 0 Å². The summed E-state index contributed by atoms with van der Waals surface area (Å²) < 4.78 is 36.0. The lowest BCUT2D eigenvalue weighted by atomic mass is 10.1. The molecule has 0 aliphatic carbocycles. The maximum atomic E-state index is 12.7. The lowest BCUT2D eigenvalue weighted by molar-refractivity contribution is -0.137. The highest BCUT2D eigenvalue weighted by Gasteiger charge is 2.24. The Labute approximate surface area is 173 Å². The monoisotopic (exact) mass is 419 g/mol. The van der Waals surface area contributed by atoms with Gasteiger partial charge in [-0.3, -0.25) is 4.79 Å². The van der Waals surface area contributed by atoms with Crippen LogP contribution in [0.3, 0.4) is 0 Å². The van der Waals surface area contributed by atoms with Crippen molar-refractivity contribution in [1.82, 2.24) is 4.90 Å². The first-order valence-corrected chi connectivity index (χ1v) is 11.1. The van der Waals surface area contributed by atoms with Crippen molar-refractivity contribution in [2.75, 3.05) is 7.11 Å². The summed E-state index contributed by atoms with van der Waals surface area (Å²) in [4.78, 5) is 14.5. The molecular weight excluding hydrogens is 390 g/mol. The van der Waals surface area contributed by atoms with Crippen molar-refractivity contribution in [3.63, 3.8) is 0 Å². The van der Waals surface area contributed by atoms with Crippen molar-refractivity contribution in [2.24, 2.45) is 5.92 Å². The minimum absolute atomic E-state index is 0.0205. The smallest absolute Gasteiger partial charge is 0.339 e. The molecule has 0 aromatic heterocycles. The molecule has 0 saturated carbocycles. The Bertz CT molecular complexity index is 922. The average molecular weight is 420 g/mol. The van der Waals surface area contributed by atoms with Crippen molar-refractivity contribution in [1.29, 1.82) is 0 Å². The van der Waals surface area contributed by atoms with Crippen molar-refractivity contribution in [3.05, 3.63) is 54.1 Å². The zero-order valence-corrected chi connectivity index (χ0v) is 18.4. The van der Waals surface area contributed by atoms with Crippen LogP contribution in [0.25, 0.3) is 0 Å². The van der Waals surface area contributed by atoms with Crippen LogP contribution in [-0.2, 0) is 21.5 Å². The summed E-state index contributed by atoms with van der Waals surface area (Å²) in [6.07, 6.45) is 0.797. The number of hydrogen-bond donors (Lipinski definition) is 0. The summed E-state index contributed by atoms with van der Waals surface area (Å²) in [6.45, 7) is 7.99. The SMILES string of the molecule is CC[C@@H](C)N(Cc1ccccc1OS(=O)(=O)c1ccc(OC)cc1)C(=O)C(C)C. The molecule has 0 spiro atoms. The van der Waals surface area contributed by atoms with Gasteiger partial charge < -0.3 is 13.8 Å². The molecule has 7 heteroatoms. The van der Waals surface area contributed by atoms with Crippen molar-refractivity contribution in [2.45, 2.75) is 51.6 Å². The minimum Gasteiger partial charge on any atom is -0.497 e. The predicted octanol–water partition coefficient (Wildman–Crippen LogP) is 4.25. The van der Waals surface area contributed by atoms with E-state index in [1.807, 2.05) is 27.7 Å². The average Bonchev–Trinajstić information content (AvgIpc) is 2.71. The molecule has 158 valence electrons. The van der Waals surface area contributed by atoms with E-state index >= 15 is 0 Å². The topological polar surface area (TPSA) is 72.9 Å². The molecule has 0 saturated heterocycles. The van der Waals surface area contributed by atoms with E-state index in [-0.39, 0.29) is 35.1 Å². The largest absolute Gasteiger partial charge is 0.497 e. The zero-order chi connectivity index (χ0) is 21.6. The number of benzene rings is 2. The highest BCUT2D eigenvalue weighted by Crippen LogP contribution is 2.26. The van der Waals surface area contributed by atoms with Gasteiger partial charge in [-0.15, -0.1) is 0 Å². The summed E-state index contributed by atoms with van der Waals surface area (Å²) in [5.41, 5.74) is 0.638. The fourth-order valence-electron chi connectivity index (χ4n) is 2.81. The summed E-state index contributed by atoms with van der Waals surface area (Å²) >= 11 is 0. The highest BCUT2D eigenvalue weighted by molar-refractivity contribution is 7.87. The normalized spacial score (nSPS) is 12.5. The molecule has 0 fully saturated rings. The first-order chi connectivity index (χ1) is 13.7. The number of hydrogen-bond acceptors (Lipinski definition) is 5. The van der Waals surface area contributed by atoms with E-state index in [9.17, 15) is 13.2 Å². The van der Waals surface area contributed by atoms with Gasteiger partial charge in [-0.1, -0.05) is 39.0 Å². The molecule has 0 aliphatic rings. The number of carbonyl (C=O) groups is 1. The molecule has 6 nitrogen and oxygen atoms in total. The standard InChI is InChI=1S/C22H29NO5S/c1-6-17(4)23(22(24)16(2)3)15-18-9-7-8-10-21(18)28-29(25,26)20-13-11-19(27-5)12-14-20/h7-14,16-17H,6,15H2,1-5H3/t17-/m1/s1. The van der Waals surface area contributed by atoms with Gasteiger partial charge >= 0.3 is 10.1 Å². The van der Waals surface area contributed by atoms with Gasteiger partial charge in [0.2, 0.25) is 5.91 Å². The Morgan fingerprint density at radius 3 is 2.21 bits per heavy atom. The van der Waals surface area contributed by atoms with Crippen LogP contribution in [0.5, 0.6) is 11.5 Å². The van der Waals surface area contributed by atoms with Gasteiger partial charge in [0.25, 0.3) is 0 Å². The molecule has 0 unspecified atom stereocenters. The van der Waals surface area contributed by atoms with E-state index < -0.39 is 10.1 Å². The molecule has 0 radical (unpaired) electrons. The second kappa shape index (κ2) is 9.78. The van der Waals surface area contributed by atoms with Crippen LogP contribution in [0, 0.1) is 5.92 Å². The molecule has 1 atom stereocenters. The Hall–Kier alpha value is -2.54. The number of para-hydroxylation sites is 1. The fourth-order valence-corrected chi connectivity index (χ4v) is 3.78. The van der Waals surface area contributed by atoms with Crippen molar-refractivity contribution in [3.8, 4) is 11.5 Å². The number of rotatable bonds is 9. The van der Waals surface area contributed by atoms with E-state index in [0.29, 0.717) is 11.3 Å². The lowest BCUT2D eigenvalue weighted by Crippen LogP contribution is -2.40. The number of nitrogens with zero attached hydrogens (tertiary/aromatic N) is 1. The van der Waals surface area contributed by atoms with Crippen LogP contribution in [0.1, 0.15) is 39.7 Å². The Kier molecular flexibility index (Phi) is 7.67. The molecule has 29 heavy (non-hydrogen) atoms. The predicted molar refractivity (Wildman–Crippen MR) is 112 cm³/mol. The lowest BCUT2D eigenvalue weighted by Gasteiger charge is -2.30. The summed E-state index contributed by atoms with van der Waals surface area (Å²) in [6, 6.07) is 12.9. The first-order valence-electron chi connectivity index (χ1n) is 9.66. The summed E-state index contributed by atoms with van der Waals surface area (Å²) in [5.74, 6) is 0.640. The van der Waals surface area contributed by atoms with Gasteiger partial charge in [0.15, 0.2) is 0 Å². The van der Waals surface area contributed by atoms with Crippen LogP contribution in [0.4, 0.5) is 0 Å². The number of methoxy groups -OCH3 is 1. The Morgan fingerprint density at radius 2 is 1.66 bits per heavy atom. The van der Waals surface area contributed by atoms with Crippen LogP contribution in [0.15, 0.2) is 53.4 Å². The van der Waals surface area contributed by atoms with Gasteiger partial charge in [-0.05, 0) is 43.7 Å². The van der Waals surface area contributed by atoms with E-state index in [1.54, 1.807) is 41.3 Å². The Balaban J connectivity index is 2.32. The third-order valence-electron chi connectivity index (χ3n) is 4.76. The molecule has 0 N–H and O–H groups in total. The molecule has 2 aromatic carbocycles. The molecule has 2 aromatic rings. The Morgan fingerprint density at radius 1 is 1.03 bits per heavy atom. The molecule has 0 aliphatic heterocycles. The molecule has 1 amide bonds. The van der Waals surface area contributed by atoms with Crippen molar-refractivity contribution < 1.29 is 22.1 Å². The fraction of sp³-hybridized carbons (Fsp3) is 0.409. The molecule has 2 rings (SSSR count). The van der Waals surface area contributed by atoms with E-state index in [4.69, 9.17) is 8.92 Å². The maximum Gasteiger partial charge on any atom is 0.339 e. The molecular formula is C22H29NO5S. The van der Waals surface area contributed by atoms with Gasteiger partial charge in [0.05, 0.1) is 7.11 Å². The van der Waals surface area contributed by atoms with Gasteiger partial charge in [0, 0.05) is 24.1 Å². The quantitative estimate of drug-likeness (QED) is 0.568. The highest BCUT2D eigenvalue weighted by atomic mass is 32.2. The van der Waals surface area contributed by atoms with Crippen molar-refractivity contribution >= 4 is 16.0 Å². The second-order valence-electron chi connectivity index (χ2n) is 7.20. The van der Waals surface area contributed by atoms with E-state index in [2.05, 4.69) is 0 Å². The number of amides is 1. The number of ether oxygens (including phenoxy) is 1. The third-order valence-corrected chi connectivity index (χ3v) is 6.01. The van der Waals surface area contributed by atoms with Crippen LogP contribution < -0.4 is 8.92 Å². The van der Waals surface area contributed by atoms with Crippen LogP contribution in [0.2, 0.25) is 0 Å². The molecule has 0 heterocycles. The first kappa shape index (κ1) is 22.7. The third kappa shape index (κ3) is 5.73. The van der Waals surface area contributed by atoms with Crippen LogP contribution in [-0.4, -0.2) is 32.4 Å². The van der Waals surface area contributed by atoms with E-state index in [1.165, 1.54) is 19.2 Å². The van der Waals surface area contributed by atoms with Gasteiger partial charge in [-0.2, -0.15) is 8.42 Å². The second-order valence-corrected chi connectivity index (χ2v) is 8.75. The summed E-state index contributed by atoms with van der Waals surface area (Å²) in [7, 11) is -2.51. The maximum absolute atomic E-state index is 12.7.